The van der Waals surface area contributed by atoms with Gasteiger partial charge in [0.25, 0.3) is 0 Å². The Labute approximate surface area is 172 Å². The van der Waals surface area contributed by atoms with Crippen molar-refractivity contribution in [2.24, 2.45) is 0 Å². The number of likely N-dealkylation sites (N-methyl/N-ethyl adjacent to an activating group) is 1. The van der Waals surface area contributed by atoms with Crippen molar-refractivity contribution >= 4 is 44.3 Å². The van der Waals surface area contributed by atoms with Crippen molar-refractivity contribution in [3.8, 4) is 6.01 Å². The lowest BCUT2D eigenvalue weighted by atomic mass is 10.2. The molecular weight excluding hydrogens is 437 g/mol. The summed E-state index contributed by atoms with van der Waals surface area (Å²) in [6.07, 6.45) is 0.838. The van der Waals surface area contributed by atoms with E-state index in [2.05, 4.69) is 47.6 Å². The van der Waals surface area contributed by atoms with Crippen molar-refractivity contribution in [2.45, 2.75) is 6.42 Å². The fourth-order valence-corrected chi connectivity index (χ4v) is 3.50. The van der Waals surface area contributed by atoms with Gasteiger partial charge in [0.2, 0.25) is 0 Å². The molecule has 1 aromatic heterocycles. The van der Waals surface area contributed by atoms with Crippen LogP contribution >= 0.6 is 27.5 Å². The van der Waals surface area contributed by atoms with Gasteiger partial charge in [-0.05, 0) is 49.6 Å². The van der Waals surface area contributed by atoms with Gasteiger partial charge in [-0.2, -0.15) is 9.97 Å². The van der Waals surface area contributed by atoms with Crippen LogP contribution in [0.5, 0.6) is 6.01 Å². The maximum Gasteiger partial charge on any atom is 0.319 e. The molecule has 1 saturated heterocycles. The van der Waals surface area contributed by atoms with E-state index in [1.54, 1.807) is 6.07 Å². The molecule has 0 spiro atoms. The second kappa shape index (κ2) is 8.86. The van der Waals surface area contributed by atoms with Crippen LogP contribution in [-0.2, 0) is 0 Å². The first-order valence-corrected chi connectivity index (χ1v) is 10.1. The monoisotopic (exact) mass is 459 g/mol. The zero-order valence-corrected chi connectivity index (χ0v) is 18.1. The van der Waals surface area contributed by atoms with Crippen LogP contribution in [0, 0.1) is 5.82 Å². The zero-order chi connectivity index (χ0) is 19.6. The highest BCUT2D eigenvalue weighted by molar-refractivity contribution is 9.10. The van der Waals surface area contributed by atoms with Crippen molar-refractivity contribution in [2.75, 3.05) is 65.4 Å². The molecule has 1 aromatic carbocycles. The Bertz CT molecular complexity index is 814. The molecule has 2 heterocycles. The third-order valence-corrected chi connectivity index (χ3v) is 5.87. The Morgan fingerprint density at radius 3 is 2.63 bits per heavy atom. The summed E-state index contributed by atoms with van der Waals surface area (Å²) in [5.41, 5.74) is 0.220. The standard InChI is InChI=1S/C18H24BrClFN5O/c1-24(2)5-4-10-27-18-22-16-12(11-13(20)14(19)15(16)21)17(23-18)26-8-6-25(3)7-9-26/h11H,4-10H2,1-3H3. The molecular formula is C18H24BrClFN5O. The van der Waals surface area contributed by atoms with Crippen LogP contribution in [0.15, 0.2) is 10.5 Å². The quantitative estimate of drug-likeness (QED) is 0.487. The number of halogens is 3. The van der Waals surface area contributed by atoms with E-state index in [0.29, 0.717) is 22.8 Å². The summed E-state index contributed by atoms with van der Waals surface area (Å²) < 4.78 is 20.8. The molecule has 3 rings (SSSR count). The molecule has 6 nitrogen and oxygen atoms in total. The lowest BCUT2D eigenvalue weighted by Crippen LogP contribution is -2.45. The zero-order valence-electron chi connectivity index (χ0n) is 15.8. The minimum absolute atomic E-state index is 0.198. The molecule has 27 heavy (non-hydrogen) atoms. The molecule has 1 aliphatic heterocycles. The largest absolute Gasteiger partial charge is 0.463 e. The second-order valence-corrected chi connectivity index (χ2v) is 8.21. The number of hydrogen-bond acceptors (Lipinski definition) is 6. The Morgan fingerprint density at radius 2 is 1.96 bits per heavy atom. The third kappa shape index (κ3) is 4.80. The Balaban J connectivity index is 1.97. The second-order valence-electron chi connectivity index (χ2n) is 7.01. The van der Waals surface area contributed by atoms with Crippen molar-refractivity contribution in [3.05, 3.63) is 21.4 Å². The number of piperazine rings is 1. The van der Waals surface area contributed by atoms with E-state index in [4.69, 9.17) is 16.3 Å². The third-order valence-electron chi connectivity index (χ3n) is 4.57. The Hall–Kier alpha value is -1.22. The van der Waals surface area contributed by atoms with E-state index in [1.165, 1.54) is 0 Å². The van der Waals surface area contributed by atoms with Crippen LogP contribution in [0.25, 0.3) is 10.9 Å². The smallest absolute Gasteiger partial charge is 0.319 e. The van der Waals surface area contributed by atoms with Crippen LogP contribution in [0.1, 0.15) is 6.42 Å². The number of anilines is 1. The number of ether oxygens (including phenoxy) is 1. The molecule has 148 valence electrons. The van der Waals surface area contributed by atoms with Crippen molar-refractivity contribution < 1.29 is 9.13 Å². The van der Waals surface area contributed by atoms with Crippen LogP contribution in [0.3, 0.4) is 0 Å². The highest BCUT2D eigenvalue weighted by atomic mass is 79.9. The predicted molar refractivity (Wildman–Crippen MR) is 111 cm³/mol. The molecule has 1 aliphatic rings. The van der Waals surface area contributed by atoms with Crippen LogP contribution in [-0.4, -0.2) is 80.2 Å². The maximum absolute atomic E-state index is 14.8. The molecule has 1 fully saturated rings. The summed E-state index contributed by atoms with van der Waals surface area (Å²) >= 11 is 9.39. The van der Waals surface area contributed by atoms with Gasteiger partial charge in [-0.15, -0.1) is 0 Å². The number of aromatic nitrogens is 2. The molecule has 0 atom stereocenters. The first-order valence-electron chi connectivity index (χ1n) is 8.93. The summed E-state index contributed by atoms with van der Waals surface area (Å²) in [7, 11) is 6.10. The summed E-state index contributed by atoms with van der Waals surface area (Å²) in [6, 6.07) is 1.91. The molecule has 0 N–H and O–H groups in total. The maximum atomic E-state index is 14.8. The fraction of sp³-hybridized carbons (Fsp3) is 0.556. The molecule has 0 radical (unpaired) electrons. The van der Waals surface area contributed by atoms with Gasteiger partial charge in [-0.1, -0.05) is 11.6 Å². The van der Waals surface area contributed by atoms with Gasteiger partial charge in [0.1, 0.15) is 11.3 Å². The van der Waals surface area contributed by atoms with Gasteiger partial charge >= 0.3 is 6.01 Å². The first-order chi connectivity index (χ1) is 12.9. The lowest BCUT2D eigenvalue weighted by Gasteiger charge is -2.33. The normalized spacial score (nSPS) is 15.7. The predicted octanol–water partition coefficient (Wildman–Crippen LogP) is 3.27. The van der Waals surface area contributed by atoms with Crippen LogP contribution in [0.2, 0.25) is 5.02 Å². The summed E-state index contributed by atoms with van der Waals surface area (Å²) in [5, 5.41) is 0.907. The highest BCUT2D eigenvalue weighted by Crippen LogP contribution is 2.36. The first kappa shape index (κ1) is 20.5. The Kier molecular flexibility index (Phi) is 6.73. The minimum Gasteiger partial charge on any atom is -0.463 e. The number of rotatable bonds is 6. The van der Waals surface area contributed by atoms with Crippen LogP contribution < -0.4 is 9.64 Å². The average molecular weight is 461 g/mol. The van der Waals surface area contributed by atoms with Crippen molar-refractivity contribution in [1.82, 2.24) is 19.8 Å². The highest BCUT2D eigenvalue weighted by Gasteiger charge is 2.23. The molecule has 0 saturated carbocycles. The number of nitrogens with zero attached hydrogens (tertiary/aromatic N) is 5. The fourth-order valence-electron chi connectivity index (χ4n) is 3.00. The number of fused-ring (bicyclic) bond motifs is 1. The van der Waals surface area contributed by atoms with Gasteiger partial charge in [0.15, 0.2) is 5.82 Å². The van der Waals surface area contributed by atoms with E-state index in [-0.39, 0.29) is 16.0 Å². The van der Waals surface area contributed by atoms with Gasteiger partial charge in [0.05, 0.1) is 16.1 Å². The average Bonchev–Trinajstić information content (AvgIpc) is 2.64. The topological polar surface area (TPSA) is 44.7 Å². The van der Waals surface area contributed by atoms with Gasteiger partial charge < -0.3 is 19.4 Å². The SMILES string of the molecule is CN(C)CCCOc1nc(N2CCN(C)CC2)c2cc(Cl)c(Br)c(F)c2n1. The van der Waals surface area contributed by atoms with E-state index >= 15 is 0 Å². The van der Waals surface area contributed by atoms with Crippen molar-refractivity contribution in [3.63, 3.8) is 0 Å². The molecule has 2 aromatic rings. The molecule has 0 bridgehead atoms. The van der Waals surface area contributed by atoms with Gasteiger partial charge in [-0.25, -0.2) is 4.39 Å². The lowest BCUT2D eigenvalue weighted by molar-refractivity contribution is 0.264. The summed E-state index contributed by atoms with van der Waals surface area (Å²) in [6.45, 7) is 4.81. The number of hydrogen-bond donors (Lipinski definition) is 0. The van der Waals surface area contributed by atoms with Gasteiger partial charge in [-0.3, -0.25) is 0 Å². The summed E-state index contributed by atoms with van der Waals surface area (Å²) in [5.74, 6) is 0.178. The molecule has 0 unspecified atom stereocenters. The Morgan fingerprint density at radius 1 is 1.26 bits per heavy atom. The van der Waals surface area contributed by atoms with Gasteiger partial charge in [0, 0.05) is 38.1 Å². The summed E-state index contributed by atoms with van der Waals surface area (Å²) in [4.78, 5) is 15.4. The molecule has 0 aliphatic carbocycles. The molecule has 0 amide bonds. The van der Waals surface area contributed by atoms with E-state index < -0.39 is 5.82 Å². The van der Waals surface area contributed by atoms with Crippen molar-refractivity contribution in [1.29, 1.82) is 0 Å². The minimum atomic E-state index is -0.492. The molecule has 9 heteroatoms. The van der Waals surface area contributed by atoms with E-state index in [9.17, 15) is 4.39 Å². The van der Waals surface area contributed by atoms with Crippen LogP contribution in [0.4, 0.5) is 10.2 Å². The van der Waals surface area contributed by atoms with E-state index in [1.807, 2.05) is 14.1 Å². The number of benzene rings is 1. The van der Waals surface area contributed by atoms with E-state index in [0.717, 1.165) is 39.1 Å².